The SMILES string of the molecule is CCOC(=O)C(N)C(C)C.O=[N+]([O-])O. The summed E-state index contributed by atoms with van der Waals surface area (Å²) in [6, 6.07) is -0.472. The third kappa shape index (κ3) is 10.6. The van der Waals surface area contributed by atoms with Crippen LogP contribution in [0.25, 0.3) is 0 Å². The molecule has 0 heterocycles. The Bertz CT molecular complexity index is 179. The van der Waals surface area contributed by atoms with Gasteiger partial charge in [0.15, 0.2) is 0 Å². The Hall–Kier alpha value is -1.37. The van der Waals surface area contributed by atoms with Crippen LogP contribution in [0.2, 0.25) is 0 Å². The van der Waals surface area contributed by atoms with Crippen LogP contribution in [0.3, 0.4) is 0 Å². The third-order valence-corrected chi connectivity index (χ3v) is 1.28. The Morgan fingerprint density at radius 3 is 2.21 bits per heavy atom. The number of nitrogens with two attached hydrogens (primary N) is 1. The maximum Gasteiger partial charge on any atom is 0.323 e. The summed E-state index contributed by atoms with van der Waals surface area (Å²) in [5, 5.41) is 13.6. The first-order valence-corrected chi connectivity index (χ1v) is 4.08. The Morgan fingerprint density at radius 2 is 2.00 bits per heavy atom. The van der Waals surface area contributed by atoms with Crippen LogP contribution in [0.15, 0.2) is 0 Å². The highest BCUT2D eigenvalue weighted by Gasteiger charge is 2.17. The van der Waals surface area contributed by atoms with E-state index in [2.05, 4.69) is 0 Å². The molecule has 0 spiro atoms. The van der Waals surface area contributed by atoms with Crippen LogP contribution in [0, 0.1) is 16.0 Å². The predicted molar refractivity (Wildman–Crippen MR) is 48.2 cm³/mol. The van der Waals surface area contributed by atoms with Gasteiger partial charge in [0, 0.05) is 0 Å². The van der Waals surface area contributed by atoms with Crippen LogP contribution < -0.4 is 5.73 Å². The molecule has 0 saturated carbocycles. The number of rotatable bonds is 3. The molecular weight excluding hydrogens is 192 g/mol. The molecule has 0 bridgehead atoms. The fourth-order valence-electron chi connectivity index (χ4n) is 0.511. The van der Waals surface area contributed by atoms with Gasteiger partial charge in [-0.05, 0) is 12.8 Å². The van der Waals surface area contributed by atoms with E-state index < -0.39 is 11.1 Å². The molecule has 7 heteroatoms. The maximum absolute atomic E-state index is 10.8. The minimum absolute atomic E-state index is 0.152. The van der Waals surface area contributed by atoms with E-state index in [9.17, 15) is 4.79 Å². The lowest BCUT2D eigenvalue weighted by atomic mass is 10.1. The second kappa shape index (κ2) is 8.24. The molecule has 0 aliphatic rings. The normalized spacial score (nSPS) is 11.2. The van der Waals surface area contributed by atoms with Gasteiger partial charge in [-0.1, -0.05) is 13.8 Å². The Labute approximate surface area is 82.0 Å². The number of nitrogens with zero attached hydrogens (tertiary/aromatic N) is 1. The van der Waals surface area contributed by atoms with Crippen LogP contribution in [0.5, 0.6) is 0 Å². The third-order valence-electron chi connectivity index (χ3n) is 1.28. The number of hydrogen-bond acceptors (Lipinski definition) is 5. The molecule has 14 heavy (non-hydrogen) atoms. The number of carbonyl (C=O) groups excluding carboxylic acids is 1. The molecule has 0 aromatic rings. The topological polar surface area (TPSA) is 116 Å². The largest absolute Gasteiger partial charge is 0.465 e. The van der Waals surface area contributed by atoms with Crippen LogP contribution >= 0.6 is 0 Å². The Morgan fingerprint density at radius 1 is 1.64 bits per heavy atom. The van der Waals surface area contributed by atoms with Crippen LogP contribution in [-0.2, 0) is 9.53 Å². The van der Waals surface area contributed by atoms with Crippen molar-refractivity contribution in [3.8, 4) is 0 Å². The van der Waals surface area contributed by atoms with Gasteiger partial charge in [0.1, 0.15) is 6.04 Å². The van der Waals surface area contributed by atoms with Gasteiger partial charge in [0.05, 0.1) is 6.61 Å². The molecule has 7 nitrogen and oxygen atoms in total. The summed E-state index contributed by atoms with van der Waals surface area (Å²) < 4.78 is 4.70. The molecule has 0 amide bonds. The quantitative estimate of drug-likeness (QED) is 0.388. The number of hydrogen-bond donors (Lipinski definition) is 2. The first-order chi connectivity index (χ1) is 6.32. The van der Waals surface area contributed by atoms with Gasteiger partial charge in [-0.3, -0.25) is 4.79 Å². The Balaban J connectivity index is 0. The van der Waals surface area contributed by atoms with Crippen LogP contribution in [0.4, 0.5) is 0 Å². The van der Waals surface area contributed by atoms with Gasteiger partial charge in [-0.2, -0.15) is 0 Å². The summed E-state index contributed by atoms with van der Waals surface area (Å²) in [6.45, 7) is 5.95. The van der Waals surface area contributed by atoms with Gasteiger partial charge in [-0.25, -0.2) is 0 Å². The van der Waals surface area contributed by atoms with E-state index in [1.165, 1.54) is 0 Å². The number of carbonyl (C=O) groups is 1. The first-order valence-electron chi connectivity index (χ1n) is 4.08. The maximum atomic E-state index is 10.8. The van der Waals surface area contributed by atoms with Crippen molar-refractivity contribution in [2.24, 2.45) is 11.7 Å². The second-order valence-electron chi connectivity index (χ2n) is 2.76. The molecule has 0 radical (unpaired) electrons. The summed E-state index contributed by atoms with van der Waals surface area (Å²) in [6.07, 6.45) is 0. The van der Waals surface area contributed by atoms with Crippen molar-refractivity contribution in [2.75, 3.05) is 6.61 Å². The van der Waals surface area contributed by atoms with Crippen LogP contribution in [0.1, 0.15) is 20.8 Å². The molecule has 0 fully saturated rings. The highest BCUT2D eigenvalue weighted by atomic mass is 16.9. The molecule has 0 aromatic carbocycles. The van der Waals surface area contributed by atoms with E-state index in [0.717, 1.165) is 0 Å². The molecule has 0 saturated heterocycles. The van der Waals surface area contributed by atoms with E-state index in [1.54, 1.807) is 6.92 Å². The van der Waals surface area contributed by atoms with E-state index >= 15 is 0 Å². The van der Waals surface area contributed by atoms with Crippen molar-refractivity contribution < 1.29 is 19.8 Å². The molecule has 1 unspecified atom stereocenters. The van der Waals surface area contributed by atoms with Crippen molar-refractivity contribution >= 4 is 5.97 Å². The summed E-state index contributed by atoms with van der Waals surface area (Å²) in [5.74, 6) is -0.156. The Kier molecular flexibility index (Phi) is 8.90. The van der Waals surface area contributed by atoms with Gasteiger partial charge < -0.3 is 15.7 Å². The summed E-state index contributed by atoms with van der Waals surface area (Å²) in [7, 11) is 0. The lowest BCUT2D eigenvalue weighted by Crippen LogP contribution is -2.36. The molecular formula is C7H16N2O5. The number of esters is 1. The average molecular weight is 208 g/mol. The van der Waals surface area contributed by atoms with E-state index in [4.69, 9.17) is 25.8 Å². The second-order valence-corrected chi connectivity index (χ2v) is 2.76. The molecule has 0 aromatic heterocycles. The van der Waals surface area contributed by atoms with Gasteiger partial charge in [-0.15, -0.1) is 10.1 Å². The predicted octanol–water partition coefficient (Wildman–Crippen LogP) is 0.185. The first kappa shape index (κ1) is 15.1. The van der Waals surface area contributed by atoms with E-state index in [0.29, 0.717) is 6.61 Å². The molecule has 84 valence electrons. The van der Waals surface area contributed by atoms with Crippen molar-refractivity contribution in [2.45, 2.75) is 26.8 Å². The fourth-order valence-corrected chi connectivity index (χ4v) is 0.511. The summed E-state index contributed by atoms with van der Waals surface area (Å²) >= 11 is 0. The zero-order valence-corrected chi connectivity index (χ0v) is 8.47. The lowest BCUT2D eigenvalue weighted by molar-refractivity contribution is -0.742. The number of ether oxygens (including phenoxy) is 1. The van der Waals surface area contributed by atoms with Gasteiger partial charge in [0.25, 0.3) is 5.09 Å². The molecule has 0 aliphatic carbocycles. The summed E-state index contributed by atoms with van der Waals surface area (Å²) in [5.41, 5.74) is 5.47. The lowest BCUT2D eigenvalue weighted by Gasteiger charge is -2.12. The zero-order chi connectivity index (χ0) is 11.7. The van der Waals surface area contributed by atoms with Gasteiger partial charge >= 0.3 is 5.97 Å². The van der Waals surface area contributed by atoms with E-state index in [-0.39, 0.29) is 11.9 Å². The molecule has 3 N–H and O–H groups in total. The summed E-state index contributed by atoms with van der Waals surface area (Å²) in [4.78, 5) is 19.2. The zero-order valence-electron chi connectivity index (χ0n) is 8.47. The molecule has 1 atom stereocenters. The minimum atomic E-state index is -1.50. The molecule has 0 rings (SSSR count). The highest BCUT2D eigenvalue weighted by Crippen LogP contribution is 1.99. The van der Waals surface area contributed by atoms with E-state index in [1.807, 2.05) is 13.8 Å². The highest BCUT2D eigenvalue weighted by molar-refractivity contribution is 5.75. The van der Waals surface area contributed by atoms with Crippen molar-refractivity contribution in [1.82, 2.24) is 0 Å². The van der Waals surface area contributed by atoms with Crippen LogP contribution in [-0.4, -0.2) is 28.9 Å². The van der Waals surface area contributed by atoms with Crippen molar-refractivity contribution in [1.29, 1.82) is 0 Å². The minimum Gasteiger partial charge on any atom is -0.465 e. The van der Waals surface area contributed by atoms with Crippen molar-refractivity contribution in [3.63, 3.8) is 0 Å². The molecule has 0 aliphatic heterocycles. The standard InChI is InChI=1S/C7H15NO2.HNO3/c1-4-10-7(9)6(8)5(2)3;2-1(3)4/h5-6H,4,8H2,1-3H3;(H,2,3,4). The fraction of sp³-hybridized carbons (Fsp3) is 0.857. The monoisotopic (exact) mass is 208 g/mol. The smallest absolute Gasteiger partial charge is 0.323 e. The van der Waals surface area contributed by atoms with Gasteiger partial charge in [0.2, 0.25) is 0 Å². The average Bonchev–Trinajstić information content (AvgIpc) is 2.02. The van der Waals surface area contributed by atoms with Crippen molar-refractivity contribution in [3.05, 3.63) is 10.1 Å².